The molecule has 0 saturated carbocycles. The van der Waals surface area contributed by atoms with Gasteiger partial charge in [0.2, 0.25) is 11.8 Å². The Morgan fingerprint density at radius 2 is 1.77 bits per heavy atom. The predicted molar refractivity (Wildman–Crippen MR) is 101 cm³/mol. The second kappa shape index (κ2) is 7.70. The molecule has 26 heavy (non-hydrogen) atoms. The predicted octanol–water partition coefficient (Wildman–Crippen LogP) is 2.57. The van der Waals surface area contributed by atoms with Crippen LogP contribution in [0.25, 0.3) is 0 Å². The number of rotatable bonds is 3. The molecule has 3 rings (SSSR count). The summed E-state index contributed by atoms with van der Waals surface area (Å²) in [7, 11) is 0. The lowest BCUT2D eigenvalue weighted by Crippen LogP contribution is -2.45. The first kappa shape index (κ1) is 18.1. The number of carbonyl (C=O) groups excluding carboxylic acids is 3. The third-order valence-electron chi connectivity index (χ3n) is 4.32. The molecule has 0 unspecified atom stereocenters. The third kappa shape index (κ3) is 3.94. The molecular weight excluding hydrogens is 398 g/mol. The fraction of sp³-hybridized carbons (Fsp3) is 0.211. The van der Waals surface area contributed by atoms with E-state index < -0.39 is 5.92 Å². The van der Waals surface area contributed by atoms with Gasteiger partial charge in [-0.05, 0) is 42.8 Å². The summed E-state index contributed by atoms with van der Waals surface area (Å²) in [6.07, 6.45) is 0.113. The van der Waals surface area contributed by atoms with Gasteiger partial charge < -0.3 is 4.90 Å². The van der Waals surface area contributed by atoms with Crippen LogP contribution in [0.3, 0.4) is 0 Å². The van der Waals surface area contributed by atoms with Gasteiger partial charge >= 0.3 is 0 Å². The molecule has 2 N–H and O–H groups in total. The molecule has 1 fully saturated rings. The number of benzene rings is 2. The van der Waals surface area contributed by atoms with Crippen molar-refractivity contribution in [2.24, 2.45) is 5.92 Å². The van der Waals surface area contributed by atoms with Crippen LogP contribution in [0.5, 0.6) is 0 Å². The van der Waals surface area contributed by atoms with Gasteiger partial charge in [-0.1, -0.05) is 34.1 Å². The molecule has 1 aliphatic heterocycles. The second-order valence-electron chi connectivity index (χ2n) is 6.14. The van der Waals surface area contributed by atoms with Gasteiger partial charge in [0.05, 0.1) is 5.92 Å². The number of hydrogen-bond donors (Lipinski definition) is 2. The Hall–Kier alpha value is -2.67. The van der Waals surface area contributed by atoms with Crippen LogP contribution < -0.4 is 15.8 Å². The van der Waals surface area contributed by atoms with Crippen molar-refractivity contribution in [3.8, 4) is 0 Å². The normalized spacial score (nSPS) is 16.5. The van der Waals surface area contributed by atoms with Crippen molar-refractivity contribution < 1.29 is 14.4 Å². The fourth-order valence-electron chi connectivity index (χ4n) is 2.87. The maximum Gasteiger partial charge on any atom is 0.269 e. The van der Waals surface area contributed by atoms with Crippen molar-refractivity contribution in [2.75, 3.05) is 11.4 Å². The number of halogens is 1. The molecule has 7 heteroatoms. The van der Waals surface area contributed by atoms with E-state index in [1.54, 1.807) is 17.0 Å². The summed E-state index contributed by atoms with van der Waals surface area (Å²) < 4.78 is 0.918. The molecule has 0 radical (unpaired) electrons. The van der Waals surface area contributed by atoms with Crippen LogP contribution in [0.1, 0.15) is 22.3 Å². The van der Waals surface area contributed by atoms with Crippen LogP contribution in [0.15, 0.2) is 53.0 Å². The number of hydrogen-bond acceptors (Lipinski definition) is 3. The van der Waals surface area contributed by atoms with Crippen LogP contribution in [-0.2, 0) is 9.59 Å². The SMILES string of the molecule is Cc1ccccc1C(=O)NNC(=O)[C@@H]1CC(=O)N(c2ccc(Br)cc2)C1. The Labute approximate surface area is 159 Å². The lowest BCUT2D eigenvalue weighted by Gasteiger charge is -2.17. The largest absolute Gasteiger partial charge is 0.312 e. The minimum absolute atomic E-state index is 0.113. The van der Waals surface area contributed by atoms with Gasteiger partial charge in [-0.2, -0.15) is 0 Å². The molecule has 6 nitrogen and oxygen atoms in total. The first-order valence-corrected chi connectivity index (χ1v) is 8.97. The average molecular weight is 416 g/mol. The van der Waals surface area contributed by atoms with Gasteiger partial charge in [0, 0.05) is 28.7 Å². The molecule has 2 aromatic rings. The third-order valence-corrected chi connectivity index (χ3v) is 4.85. The van der Waals surface area contributed by atoms with Gasteiger partial charge in [0.1, 0.15) is 0 Å². The van der Waals surface area contributed by atoms with Gasteiger partial charge in [-0.3, -0.25) is 25.2 Å². The van der Waals surface area contributed by atoms with E-state index in [-0.39, 0.29) is 30.7 Å². The molecule has 0 aromatic heterocycles. The maximum atomic E-state index is 12.3. The van der Waals surface area contributed by atoms with Crippen LogP contribution in [0.2, 0.25) is 0 Å². The summed E-state index contributed by atoms with van der Waals surface area (Å²) in [5.74, 6) is -1.38. The van der Waals surface area contributed by atoms with E-state index in [2.05, 4.69) is 26.8 Å². The van der Waals surface area contributed by atoms with Gasteiger partial charge in [-0.25, -0.2) is 0 Å². The molecule has 3 amide bonds. The molecule has 1 saturated heterocycles. The molecule has 1 heterocycles. The van der Waals surface area contributed by atoms with Crippen molar-refractivity contribution in [3.63, 3.8) is 0 Å². The number of nitrogens with one attached hydrogen (secondary N) is 2. The van der Waals surface area contributed by atoms with Crippen molar-refractivity contribution in [1.82, 2.24) is 10.9 Å². The number of aryl methyl sites for hydroxylation is 1. The summed E-state index contributed by atoms with van der Waals surface area (Å²) >= 11 is 3.35. The van der Waals surface area contributed by atoms with Crippen molar-refractivity contribution >= 4 is 39.3 Å². The maximum absolute atomic E-state index is 12.3. The molecule has 134 valence electrons. The Bertz CT molecular complexity index is 851. The monoisotopic (exact) mass is 415 g/mol. The zero-order valence-electron chi connectivity index (χ0n) is 14.2. The Morgan fingerprint density at radius 1 is 1.08 bits per heavy atom. The van der Waals surface area contributed by atoms with E-state index in [0.29, 0.717) is 5.56 Å². The molecule has 2 aromatic carbocycles. The van der Waals surface area contributed by atoms with E-state index in [4.69, 9.17) is 0 Å². The summed E-state index contributed by atoms with van der Waals surface area (Å²) in [5.41, 5.74) is 6.90. The van der Waals surface area contributed by atoms with Crippen LogP contribution >= 0.6 is 15.9 Å². The van der Waals surface area contributed by atoms with E-state index in [0.717, 1.165) is 15.7 Å². The second-order valence-corrected chi connectivity index (χ2v) is 7.06. The minimum Gasteiger partial charge on any atom is -0.312 e. The zero-order valence-corrected chi connectivity index (χ0v) is 15.7. The van der Waals surface area contributed by atoms with Crippen molar-refractivity contribution in [2.45, 2.75) is 13.3 Å². The summed E-state index contributed by atoms with van der Waals surface area (Å²) in [4.78, 5) is 38.3. The first-order valence-electron chi connectivity index (χ1n) is 8.17. The molecule has 1 aliphatic rings. The Kier molecular flexibility index (Phi) is 5.37. The van der Waals surface area contributed by atoms with E-state index in [9.17, 15) is 14.4 Å². The highest BCUT2D eigenvalue weighted by atomic mass is 79.9. The average Bonchev–Trinajstić information content (AvgIpc) is 3.02. The summed E-state index contributed by atoms with van der Waals surface area (Å²) in [5, 5.41) is 0. The number of carbonyl (C=O) groups is 3. The van der Waals surface area contributed by atoms with Gasteiger partial charge in [-0.15, -0.1) is 0 Å². The number of anilines is 1. The zero-order chi connectivity index (χ0) is 18.7. The molecule has 0 aliphatic carbocycles. The number of hydrazine groups is 1. The summed E-state index contributed by atoms with van der Waals surface area (Å²) in [6.45, 7) is 2.11. The highest BCUT2D eigenvalue weighted by molar-refractivity contribution is 9.10. The summed E-state index contributed by atoms with van der Waals surface area (Å²) in [6, 6.07) is 14.4. The van der Waals surface area contributed by atoms with Crippen LogP contribution in [0, 0.1) is 12.8 Å². The molecule has 1 atom stereocenters. The molecule has 0 bridgehead atoms. The van der Waals surface area contributed by atoms with E-state index in [1.165, 1.54) is 0 Å². The molecular formula is C19H18BrN3O3. The van der Waals surface area contributed by atoms with Gasteiger partial charge in [0.25, 0.3) is 5.91 Å². The van der Waals surface area contributed by atoms with E-state index in [1.807, 2.05) is 43.3 Å². The Morgan fingerprint density at radius 3 is 2.46 bits per heavy atom. The standard InChI is InChI=1S/C19H18BrN3O3/c1-12-4-2-3-5-16(12)19(26)22-21-18(25)13-10-17(24)23(11-13)15-8-6-14(20)7-9-15/h2-9,13H,10-11H2,1H3,(H,21,25)(H,22,26)/t13-/m1/s1. The lowest BCUT2D eigenvalue weighted by atomic mass is 10.1. The number of nitrogens with zero attached hydrogens (tertiary/aromatic N) is 1. The van der Waals surface area contributed by atoms with Crippen LogP contribution in [0.4, 0.5) is 5.69 Å². The molecule has 0 spiro atoms. The van der Waals surface area contributed by atoms with E-state index >= 15 is 0 Å². The highest BCUT2D eigenvalue weighted by Gasteiger charge is 2.35. The lowest BCUT2D eigenvalue weighted by molar-refractivity contribution is -0.126. The quantitative estimate of drug-likeness (QED) is 0.756. The minimum atomic E-state index is -0.511. The number of amides is 3. The van der Waals surface area contributed by atoms with Crippen molar-refractivity contribution in [1.29, 1.82) is 0 Å². The van der Waals surface area contributed by atoms with Crippen molar-refractivity contribution in [3.05, 3.63) is 64.1 Å². The fourth-order valence-corrected chi connectivity index (χ4v) is 3.13. The Balaban J connectivity index is 1.59. The topological polar surface area (TPSA) is 78.5 Å². The van der Waals surface area contributed by atoms with Crippen LogP contribution in [-0.4, -0.2) is 24.3 Å². The van der Waals surface area contributed by atoms with Gasteiger partial charge in [0.15, 0.2) is 0 Å². The smallest absolute Gasteiger partial charge is 0.269 e. The first-order chi connectivity index (χ1) is 12.5. The highest BCUT2D eigenvalue weighted by Crippen LogP contribution is 2.26.